The molecule has 6 heteroatoms. The lowest BCUT2D eigenvalue weighted by molar-refractivity contribution is -0.150. The molecule has 1 N–H and O–H groups in total. The average molecular weight is 234 g/mol. The van der Waals surface area contributed by atoms with Crippen LogP contribution in [0.2, 0.25) is 0 Å². The minimum Gasteiger partial charge on any atom is -0.479 e. The number of hydrogen-bond donors (Lipinski definition) is 1. The number of alkyl halides is 2. The highest BCUT2D eigenvalue weighted by Gasteiger charge is 2.27. The number of ether oxygens (including phenoxy) is 2. The number of methoxy groups -OCH3 is 1. The Morgan fingerprint density at radius 2 is 2.31 bits per heavy atom. The van der Waals surface area contributed by atoms with Crippen molar-refractivity contribution in [1.82, 2.24) is 0 Å². The van der Waals surface area contributed by atoms with E-state index in [0.717, 1.165) is 0 Å². The first-order valence-corrected chi connectivity index (χ1v) is 4.63. The molecular formula is C10H12F2O4. The van der Waals surface area contributed by atoms with Crippen LogP contribution in [-0.2, 0) is 14.3 Å². The Morgan fingerprint density at radius 1 is 1.62 bits per heavy atom. The monoisotopic (exact) mass is 234 g/mol. The highest BCUT2D eigenvalue weighted by Crippen LogP contribution is 2.23. The number of halogens is 2. The smallest absolute Gasteiger partial charge is 0.387 e. The molecule has 0 spiro atoms. The van der Waals surface area contributed by atoms with Crippen LogP contribution >= 0.6 is 0 Å². The van der Waals surface area contributed by atoms with Gasteiger partial charge in [0, 0.05) is 13.0 Å². The van der Waals surface area contributed by atoms with Crippen molar-refractivity contribution < 1.29 is 28.2 Å². The van der Waals surface area contributed by atoms with E-state index in [1.165, 1.54) is 19.3 Å². The molecule has 4 nitrogen and oxygen atoms in total. The van der Waals surface area contributed by atoms with Gasteiger partial charge >= 0.3 is 12.6 Å². The summed E-state index contributed by atoms with van der Waals surface area (Å²) in [4.78, 5) is 10.8. The first-order valence-electron chi connectivity index (χ1n) is 4.63. The summed E-state index contributed by atoms with van der Waals surface area (Å²) >= 11 is 0. The normalized spacial score (nSPS) is 21.8. The van der Waals surface area contributed by atoms with Gasteiger partial charge in [-0.25, -0.2) is 4.79 Å². The van der Waals surface area contributed by atoms with E-state index < -0.39 is 24.6 Å². The zero-order valence-electron chi connectivity index (χ0n) is 8.60. The van der Waals surface area contributed by atoms with Crippen molar-refractivity contribution >= 4 is 5.97 Å². The molecule has 0 bridgehead atoms. The number of carbonyl (C=O) groups is 1. The van der Waals surface area contributed by atoms with Gasteiger partial charge in [0.1, 0.15) is 5.76 Å². The number of carboxylic acid groups (broad SMARTS) is 1. The van der Waals surface area contributed by atoms with Crippen LogP contribution in [0.3, 0.4) is 0 Å². The van der Waals surface area contributed by atoms with Gasteiger partial charge in [0.05, 0.1) is 0 Å². The number of rotatable bonds is 5. The Balaban J connectivity index is 2.72. The van der Waals surface area contributed by atoms with Crippen LogP contribution in [0.25, 0.3) is 0 Å². The third-order valence-corrected chi connectivity index (χ3v) is 2.18. The van der Waals surface area contributed by atoms with E-state index >= 15 is 0 Å². The molecule has 0 aromatic carbocycles. The summed E-state index contributed by atoms with van der Waals surface area (Å²) in [6, 6.07) is 0. The number of hydrogen-bond acceptors (Lipinski definition) is 3. The van der Waals surface area contributed by atoms with Gasteiger partial charge < -0.3 is 14.6 Å². The summed E-state index contributed by atoms with van der Waals surface area (Å²) in [5, 5.41) is 8.83. The molecule has 90 valence electrons. The molecule has 2 atom stereocenters. The molecule has 2 unspecified atom stereocenters. The lowest BCUT2D eigenvalue weighted by Crippen LogP contribution is -2.31. The molecule has 0 saturated heterocycles. The summed E-state index contributed by atoms with van der Waals surface area (Å²) in [5.74, 6) is -1.66. The van der Waals surface area contributed by atoms with Gasteiger partial charge in [-0.05, 0) is 18.6 Å². The Morgan fingerprint density at radius 3 is 2.81 bits per heavy atom. The maximum atomic E-state index is 11.9. The van der Waals surface area contributed by atoms with Crippen molar-refractivity contribution in [2.45, 2.75) is 19.1 Å². The molecular weight excluding hydrogens is 222 g/mol. The van der Waals surface area contributed by atoms with Gasteiger partial charge in [0.15, 0.2) is 6.10 Å². The van der Waals surface area contributed by atoms with Crippen LogP contribution in [-0.4, -0.2) is 30.9 Å². The molecule has 0 saturated carbocycles. The molecule has 1 aliphatic rings. The standard InChI is InChI=1S/C10H12F2O4/c1-15-8(9(13)14)6-3-2-4-7(5-6)16-10(11)12/h2,4-6,8,10H,3H2,1H3,(H,13,14). The molecule has 0 amide bonds. The molecule has 0 radical (unpaired) electrons. The van der Waals surface area contributed by atoms with Gasteiger partial charge in [-0.3, -0.25) is 0 Å². The number of carboxylic acids is 1. The van der Waals surface area contributed by atoms with Crippen LogP contribution in [0.15, 0.2) is 24.0 Å². The van der Waals surface area contributed by atoms with E-state index in [9.17, 15) is 13.6 Å². The van der Waals surface area contributed by atoms with E-state index in [0.29, 0.717) is 6.42 Å². The predicted octanol–water partition coefficient (Wildman–Crippen LogP) is 1.79. The summed E-state index contributed by atoms with van der Waals surface area (Å²) < 4.78 is 32.9. The molecule has 0 aliphatic heterocycles. The summed E-state index contributed by atoms with van der Waals surface area (Å²) in [7, 11) is 1.26. The SMILES string of the molecule is COC(C(=O)O)C1C=C(OC(F)F)C=CC1. The molecule has 0 heterocycles. The largest absolute Gasteiger partial charge is 0.479 e. The Labute approximate surface area is 91.2 Å². The fourth-order valence-electron chi connectivity index (χ4n) is 1.53. The molecule has 16 heavy (non-hydrogen) atoms. The Hall–Kier alpha value is -1.43. The zero-order valence-corrected chi connectivity index (χ0v) is 8.60. The fourth-order valence-corrected chi connectivity index (χ4v) is 1.53. The highest BCUT2D eigenvalue weighted by molar-refractivity contribution is 5.73. The van der Waals surface area contributed by atoms with Crippen LogP contribution in [0.4, 0.5) is 8.78 Å². The summed E-state index contributed by atoms with van der Waals surface area (Å²) in [6.45, 7) is -2.92. The minimum absolute atomic E-state index is 0.0328. The van der Waals surface area contributed by atoms with Crippen molar-refractivity contribution in [2.24, 2.45) is 5.92 Å². The van der Waals surface area contributed by atoms with Crippen molar-refractivity contribution in [3.05, 3.63) is 24.0 Å². The van der Waals surface area contributed by atoms with Crippen LogP contribution in [0.5, 0.6) is 0 Å². The van der Waals surface area contributed by atoms with Crippen LogP contribution < -0.4 is 0 Å². The van der Waals surface area contributed by atoms with Gasteiger partial charge in [-0.15, -0.1) is 0 Å². The lowest BCUT2D eigenvalue weighted by Gasteiger charge is -2.21. The minimum atomic E-state index is -2.92. The maximum Gasteiger partial charge on any atom is 0.387 e. The Bertz CT molecular complexity index is 312. The molecule has 0 aromatic heterocycles. The van der Waals surface area contributed by atoms with E-state index in [-0.39, 0.29) is 5.76 Å². The number of aliphatic carboxylic acids is 1. The van der Waals surface area contributed by atoms with E-state index in [2.05, 4.69) is 4.74 Å². The molecule has 0 aromatic rings. The third kappa shape index (κ3) is 3.30. The van der Waals surface area contributed by atoms with Crippen molar-refractivity contribution in [3.63, 3.8) is 0 Å². The van der Waals surface area contributed by atoms with E-state index in [4.69, 9.17) is 9.84 Å². The molecule has 1 rings (SSSR count). The quantitative estimate of drug-likeness (QED) is 0.787. The van der Waals surface area contributed by atoms with E-state index in [1.54, 1.807) is 6.08 Å². The first-order chi connectivity index (χ1) is 7.54. The summed E-state index contributed by atoms with van der Waals surface area (Å²) in [6.07, 6.45) is 3.67. The second kappa shape index (κ2) is 5.60. The second-order valence-electron chi connectivity index (χ2n) is 3.24. The van der Waals surface area contributed by atoms with Crippen LogP contribution in [0, 0.1) is 5.92 Å². The van der Waals surface area contributed by atoms with Crippen molar-refractivity contribution in [2.75, 3.05) is 7.11 Å². The molecule has 1 aliphatic carbocycles. The van der Waals surface area contributed by atoms with Gasteiger partial charge in [0.2, 0.25) is 0 Å². The topological polar surface area (TPSA) is 55.8 Å². The van der Waals surface area contributed by atoms with Gasteiger partial charge in [-0.2, -0.15) is 8.78 Å². The highest BCUT2D eigenvalue weighted by atomic mass is 19.3. The van der Waals surface area contributed by atoms with Gasteiger partial charge in [-0.1, -0.05) is 6.08 Å². The molecule has 0 fully saturated rings. The zero-order chi connectivity index (χ0) is 12.1. The average Bonchev–Trinajstić information content (AvgIpc) is 2.17. The summed E-state index contributed by atoms with van der Waals surface area (Å²) in [5.41, 5.74) is 0. The van der Waals surface area contributed by atoms with Crippen molar-refractivity contribution in [1.29, 1.82) is 0 Å². The maximum absolute atomic E-state index is 11.9. The second-order valence-corrected chi connectivity index (χ2v) is 3.24. The predicted molar refractivity (Wildman–Crippen MR) is 50.9 cm³/mol. The van der Waals surface area contributed by atoms with E-state index in [1.807, 2.05) is 0 Å². The third-order valence-electron chi connectivity index (χ3n) is 2.18. The Kier molecular flexibility index (Phi) is 4.42. The van der Waals surface area contributed by atoms with Gasteiger partial charge in [0.25, 0.3) is 0 Å². The van der Waals surface area contributed by atoms with Crippen LogP contribution in [0.1, 0.15) is 6.42 Å². The van der Waals surface area contributed by atoms with Crippen molar-refractivity contribution in [3.8, 4) is 0 Å². The lowest BCUT2D eigenvalue weighted by atomic mass is 9.94. The fraction of sp³-hybridized carbons (Fsp3) is 0.500. The first kappa shape index (κ1) is 12.6. The number of allylic oxidation sites excluding steroid dienone is 2.